The van der Waals surface area contributed by atoms with E-state index >= 15 is 0 Å². The molecule has 0 radical (unpaired) electrons. The molecule has 2 aromatic carbocycles. The highest BCUT2D eigenvalue weighted by atomic mass is 16.3. The van der Waals surface area contributed by atoms with E-state index in [9.17, 15) is 4.79 Å². The molecule has 1 aliphatic carbocycles. The van der Waals surface area contributed by atoms with E-state index in [0.29, 0.717) is 18.5 Å². The second-order valence-electron chi connectivity index (χ2n) is 6.04. The molecule has 1 amide bonds. The van der Waals surface area contributed by atoms with Crippen molar-refractivity contribution in [3.8, 4) is 0 Å². The second-order valence-corrected chi connectivity index (χ2v) is 6.04. The van der Waals surface area contributed by atoms with Crippen LogP contribution in [0.3, 0.4) is 0 Å². The molecule has 3 aromatic rings. The maximum absolute atomic E-state index is 12.6. The second kappa shape index (κ2) is 6.32. The van der Waals surface area contributed by atoms with Crippen molar-refractivity contribution in [2.45, 2.75) is 25.4 Å². The quantitative estimate of drug-likeness (QED) is 0.667. The highest BCUT2D eigenvalue weighted by Crippen LogP contribution is 2.28. The zero-order valence-electron chi connectivity index (χ0n) is 13.3. The van der Waals surface area contributed by atoms with Gasteiger partial charge in [0.25, 0.3) is 0 Å². The third kappa shape index (κ3) is 3.23. The molecule has 1 aliphatic rings. The Hall–Kier alpha value is -2.88. The first-order chi connectivity index (χ1) is 11.8. The Bertz CT molecular complexity index is 846. The molecule has 0 unspecified atom stereocenters. The van der Waals surface area contributed by atoms with Crippen LogP contribution in [0.1, 0.15) is 24.3 Å². The topological polar surface area (TPSA) is 46.3 Å². The third-order valence-corrected chi connectivity index (χ3v) is 4.15. The predicted octanol–water partition coefficient (Wildman–Crippen LogP) is 4.03. The molecule has 4 heteroatoms. The summed E-state index contributed by atoms with van der Waals surface area (Å²) in [5.74, 6) is 0.462. The smallest absolute Gasteiger partial charge is 0.247 e. The van der Waals surface area contributed by atoms with Gasteiger partial charge in [0.15, 0.2) is 5.58 Å². The van der Waals surface area contributed by atoms with E-state index in [-0.39, 0.29) is 5.91 Å². The van der Waals surface area contributed by atoms with Gasteiger partial charge in [-0.3, -0.25) is 4.79 Å². The molecule has 1 fully saturated rings. The molecule has 1 heterocycles. The molecular formula is C20H18N2O2. The average molecular weight is 318 g/mol. The van der Waals surface area contributed by atoms with Crippen molar-refractivity contribution in [1.82, 2.24) is 9.88 Å². The molecule has 0 saturated heterocycles. The lowest BCUT2D eigenvalue weighted by atomic mass is 10.2. The van der Waals surface area contributed by atoms with Gasteiger partial charge < -0.3 is 9.32 Å². The van der Waals surface area contributed by atoms with Gasteiger partial charge in [-0.15, -0.1) is 0 Å². The van der Waals surface area contributed by atoms with E-state index in [1.165, 1.54) is 0 Å². The number of amides is 1. The minimum atomic E-state index is 0.00334. The van der Waals surface area contributed by atoms with Gasteiger partial charge in [0.05, 0.1) is 0 Å². The summed E-state index contributed by atoms with van der Waals surface area (Å²) in [5.41, 5.74) is 2.67. The van der Waals surface area contributed by atoms with Crippen LogP contribution in [0, 0.1) is 0 Å². The van der Waals surface area contributed by atoms with Gasteiger partial charge in [0.1, 0.15) is 5.52 Å². The van der Waals surface area contributed by atoms with Crippen LogP contribution in [0.4, 0.5) is 0 Å². The highest BCUT2D eigenvalue weighted by molar-refractivity contribution is 5.92. The molecule has 0 atom stereocenters. The van der Waals surface area contributed by atoms with Gasteiger partial charge in [0.2, 0.25) is 11.8 Å². The molecule has 4 nitrogen and oxygen atoms in total. The number of rotatable bonds is 5. The molecule has 1 aromatic heterocycles. The van der Waals surface area contributed by atoms with Gasteiger partial charge in [0, 0.05) is 24.7 Å². The van der Waals surface area contributed by atoms with E-state index in [4.69, 9.17) is 4.42 Å². The van der Waals surface area contributed by atoms with Gasteiger partial charge in [-0.05, 0) is 30.5 Å². The lowest BCUT2D eigenvalue weighted by Gasteiger charge is -2.20. The Kier molecular flexibility index (Phi) is 3.87. The SMILES string of the molecule is O=C(/C=C/c1nc2ccccc2o1)N(Cc1ccccc1)C1CC1. The molecule has 1 saturated carbocycles. The Balaban J connectivity index is 1.50. The van der Waals surface area contributed by atoms with Crippen LogP contribution in [0.15, 0.2) is 65.1 Å². The molecule has 0 bridgehead atoms. The molecular weight excluding hydrogens is 300 g/mol. The Morgan fingerprint density at radius 1 is 1.12 bits per heavy atom. The Morgan fingerprint density at radius 3 is 2.62 bits per heavy atom. The molecule has 0 spiro atoms. The Morgan fingerprint density at radius 2 is 1.88 bits per heavy atom. The number of benzene rings is 2. The number of hydrogen-bond acceptors (Lipinski definition) is 3. The minimum absolute atomic E-state index is 0.00334. The fraction of sp³-hybridized carbons (Fsp3) is 0.200. The van der Waals surface area contributed by atoms with Crippen LogP contribution in [0.2, 0.25) is 0 Å². The summed E-state index contributed by atoms with van der Waals surface area (Å²) in [5, 5.41) is 0. The predicted molar refractivity (Wildman–Crippen MR) is 93.1 cm³/mol. The Labute approximate surface area is 140 Å². The number of nitrogens with zero attached hydrogens (tertiary/aromatic N) is 2. The first kappa shape index (κ1) is 14.7. The number of carbonyl (C=O) groups excluding carboxylic acids is 1. The molecule has 0 aliphatic heterocycles. The number of fused-ring (bicyclic) bond motifs is 1. The summed E-state index contributed by atoms with van der Waals surface area (Å²) in [6.45, 7) is 0.641. The number of hydrogen-bond donors (Lipinski definition) is 0. The van der Waals surface area contributed by atoms with Crippen molar-refractivity contribution in [3.63, 3.8) is 0 Å². The van der Waals surface area contributed by atoms with E-state index in [1.54, 1.807) is 12.2 Å². The summed E-state index contributed by atoms with van der Waals surface area (Å²) in [6.07, 6.45) is 5.37. The fourth-order valence-electron chi connectivity index (χ4n) is 2.75. The largest absolute Gasteiger partial charge is 0.437 e. The van der Waals surface area contributed by atoms with Crippen LogP contribution in [0.25, 0.3) is 17.2 Å². The lowest BCUT2D eigenvalue weighted by Crippen LogP contribution is -2.31. The summed E-state index contributed by atoms with van der Waals surface area (Å²) in [6, 6.07) is 18.0. The highest BCUT2D eigenvalue weighted by Gasteiger charge is 2.31. The number of para-hydroxylation sites is 2. The van der Waals surface area contributed by atoms with Gasteiger partial charge in [-0.1, -0.05) is 42.5 Å². The van der Waals surface area contributed by atoms with E-state index < -0.39 is 0 Å². The van der Waals surface area contributed by atoms with Crippen LogP contribution in [-0.2, 0) is 11.3 Å². The first-order valence-electron chi connectivity index (χ1n) is 8.18. The third-order valence-electron chi connectivity index (χ3n) is 4.15. The maximum atomic E-state index is 12.6. The number of aromatic nitrogens is 1. The van der Waals surface area contributed by atoms with Gasteiger partial charge >= 0.3 is 0 Å². The van der Waals surface area contributed by atoms with Crippen molar-refractivity contribution < 1.29 is 9.21 Å². The van der Waals surface area contributed by atoms with E-state index in [1.807, 2.05) is 59.5 Å². The molecule has 4 rings (SSSR count). The molecule has 24 heavy (non-hydrogen) atoms. The van der Waals surface area contributed by atoms with E-state index in [2.05, 4.69) is 4.98 Å². The maximum Gasteiger partial charge on any atom is 0.247 e. The monoisotopic (exact) mass is 318 g/mol. The zero-order valence-corrected chi connectivity index (χ0v) is 13.3. The fourth-order valence-corrected chi connectivity index (χ4v) is 2.75. The van der Waals surface area contributed by atoms with Crippen molar-refractivity contribution in [1.29, 1.82) is 0 Å². The van der Waals surface area contributed by atoms with Crippen molar-refractivity contribution in [2.24, 2.45) is 0 Å². The summed E-state index contributed by atoms with van der Waals surface area (Å²) < 4.78 is 5.62. The molecule has 120 valence electrons. The van der Waals surface area contributed by atoms with Crippen molar-refractivity contribution in [3.05, 3.63) is 72.1 Å². The van der Waals surface area contributed by atoms with Crippen molar-refractivity contribution >= 4 is 23.1 Å². The van der Waals surface area contributed by atoms with Gasteiger partial charge in [-0.25, -0.2) is 4.98 Å². The van der Waals surface area contributed by atoms with Crippen LogP contribution in [-0.4, -0.2) is 21.8 Å². The summed E-state index contributed by atoms with van der Waals surface area (Å²) >= 11 is 0. The number of oxazole rings is 1. The first-order valence-corrected chi connectivity index (χ1v) is 8.18. The van der Waals surface area contributed by atoms with Crippen LogP contribution >= 0.6 is 0 Å². The normalized spacial score (nSPS) is 14.3. The number of carbonyl (C=O) groups is 1. The van der Waals surface area contributed by atoms with E-state index in [0.717, 1.165) is 29.5 Å². The van der Waals surface area contributed by atoms with Crippen LogP contribution in [0.5, 0.6) is 0 Å². The van der Waals surface area contributed by atoms with Crippen LogP contribution < -0.4 is 0 Å². The molecule has 0 N–H and O–H groups in total. The van der Waals surface area contributed by atoms with Gasteiger partial charge in [-0.2, -0.15) is 0 Å². The zero-order chi connectivity index (χ0) is 16.4. The lowest BCUT2D eigenvalue weighted by molar-refractivity contribution is -0.127. The standard InChI is InChI=1S/C20H18N2O2/c23-20(13-12-19-21-17-8-4-5-9-18(17)24-19)22(16-10-11-16)14-15-6-2-1-3-7-15/h1-9,12-13,16H,10-11,14H2/b13-12+. The summed E-state index contributed by atoms with van der Waals surface area (Å²) in [4.78, 5) is 18.9. The average Bonchev–Trinajstić information content (AvgIpc) is 3.37. The van der Waals surface area contributed by atoms with Crippen molar-refractivity contribution in [2.75, 3.05) is 0 Å². The summed E-state index contributed by atoms with van der Waals surface area (Å²) in [7, 11) is 0. The minimum Gasteiger partial charge on any atom is -0.437 e.